The molecule has 0 heterocycles. The van der Waals surface area contributed by atoms with Gasteiger partial charge in [0.25, 0.3) is 0 Å². The highest BCUT2D eigenvalue weighted by Crippen LogP contribution is 2.14. The fraction of sp³-hybridized carbons (Fsp3) is 0.656. The molecule has 50 heavy (non-hydrogen) atoms. The maximum atomic E-state index is 13.1. The van der Waals surface area contributed by atoms with Crippen LogP contribution in [0.25, 0.3) is 0 Å². The molecule has 0 saturated heterocycles. The predicted octanol–water partition coefficient (Wildman–Crippen LogP) is 1.45. The van der Waals surface area contributed by atoms with Gasteiger partial charge in [-0.2, -0.15) is 0 Å². The Morgan fingerprint density at radius 2 is 1.16 bits per heavy atom. The van der Waals surface area contributed by atoms with Crippen molar-refractivity contribution in [3.63, 3.8) is 0 Å². The van der Waals surface area contributed by atoms with Crippen LogP contribution >= 0.6 is 15.9 Å². The van der Waals surface area contributed by atoms with Crippen LogP contribution in [0.15, 0.2) is 28.7 Å². The molecule has 3 amide bonds. The lowest BCUT2D eigenvalue weighted by Gasteiger charge is -2.24. The Labute approximate surface area is 300 Å². The summed E-state index contributed by atoms with van der Waals surface area (Å²) in [7, 11) is 0. The van der Waals surface area contributed by atoms with E-state index in [4.69, 9.17) is 34.5 Å². The summed E-state index contributed by atoms with van der Waals surface area (Å²) in [4.78, 5) is 60.9. The van der Waals surface area contributed by atoms with Crippen molar-refractivity contribution in [3.8, 4) is 0 Å². The van der Waals surface area contributed by atoms with Crippen LogP contribution in [0.3, 0.4) is 0 Å². The number of carboxylic acids is 3. The number of nitrogens with zero attached hydrogens (tertiary/aromatic N) is 1. The Bertz CT molecular complexity index is 1130. The molecule has 0 spiro atoms. The highest BCUT2D eigenvalue weighted by molar-refractivity contribution is 9.10. The normalized spacial score (nSPS) is 12.2. The number of ether oxygens (including phenoxy) is 5. The van der Waals surface area contributed by atoms with Crippen molar-refractivity contribution < 1.29 is 63.0 Å². The molecule has 0 radical (unpaired) electrons. The molecule has 0 fully saturated rings. The molecule has 0 aromatic heterocycles. The zero-order valence-electron chi connectivity index (χ0n) is 28.2. The molecule has 1 aromatic carbocycles. The van der Waals surface area contributed by atoms with Crippen LogP contribution in [0.5, 0.6) is 0 Å². The number of carbonyl (C=O) groups is 5. The van der Waals surface area contributed by atoms with Crippen LogP contribution in [0.2, 0.25) is 0 Å². The molecular weight excluding hydrogens is 728 g/mol. The van der Waals surface area contributed by atoms with Crippen molar-refractivity contribution in [3.05, 3.63) is 34.3 Å². The summed E-state index contributed by atoms with van der Waals surface area (Å²) < 4.78 is 27.9. The van der Waals surface area contributed by atoms with E-state index in [-0.39, 0.29) is 31.8 Å². The lowest BCUT2D eigenvalue weighted by Crippen LogP contribution is -2.51. The molecule has 1 aromatic rings. The number of hydrogen-bond acceptors (Lipinski definition) is 11. The van der Waals surface area contributed by atoms with Crippen molar-refractivity contribution in [2.45, 2.75) is 57.2 Å². The lowest BCUT2D eigenvalue weighted by atomic mass is 10.1. The number of rotatable bonds is 31. The second-order valence-electron chi connectivity index (χ2n) is 10.9. The van der Waals surface area contributed by atoms with Gasteiger partial charge in [-0.15, -0.1) is 0 Å². The number of benzene rings is 1. The summed E-state index contributed by atoms with van der Waals surface area (Å²) in [5, 5.41) is 31.9. The second kappa shape index (κ2) is 28.3. The second-order valence-corrected chi connectivity index (χ2v) is 11.8. The van der Waals surface area contributed by atoms with Gasteiger partial charge in [0.2, 0.25) is 5.91 Å². The van der Waals surface area contributed by atoms with Crippen molar-refractivity contribution in [2.75, 3.05) is 79.2 Å². The van der Waals surface area contributed by atoms with Crippen LogP contribution in [0.4, 0.5) is 4.79 Å². The minimum atomic E-state index is -1.50. The number of urea groups is 1. The first-order valence-electron chi connectivity index (χ1n) is 16.4. The van der Waals surface area contributed by atoms with Crippen molar-refractivity contribution in [1.29, 1.82) is 0 Å². The van der Waals surface area contributed by atoms with Gasteiger partial charge in [0.15, 0.2) is 0 Å². The average Bonchev–Trinajstić information content (AvgIpc) is 3.07. The first kappa shape index (κ1) is 44.6. The van der Waals surface area contributed by atoms with Crippen LogP contribution in [-0.4, -0.2) is 141 Å². The van der Waals surface area contributed by atoms with Gasteiger partial charge in [0.1, 0.15) is 12.1 Å². The zero-order valence-corrected chi connectivity index (χ0v) is 29.8. The maximum Gasteiger partial charge on any atom is 0.326 e. The van der Waals surface area contributed by atoms with E-state index in [0.29, 0.717) is 91.9 Å². The fourth-order valence-electron chi connectivity index (χ4n) is 4.28. The molecular formula is C32H51BrN4O13. The Morgan fingerprint density at radius 3 is 1.64 bits per heavy atom. The van der Waals surface area contributed by atoms with E-state index in [1.807, 2.05) is 24.3 Å². The molecule has 1 rings (SSSR count). The zero-order chi connectivity index (χ0) is 37.0. The molecule has 0 unspecified atom stereocenters. The minimum Gasteiger partial charge on any atom is -0.481 e. The molecule has 0 aliphatic heterocycles. The molecule has 7 N–H and O–H groups in total. The number of nitrogens with one attached hydrogen (secondary N) is 2. The molecule has 284 valence electrons. The van der Waals surface area contributed by atoms with Crippen molar-refractivity contribution >= 4 is 45.8 Å². The number of amides is 3. The van der Waals surface area contributed by atoms with E-state index in [9.17, 15) is 34.2 Å². The van der Waals surface area contributed by atoms with Gasteiger partial charge in [-0.1, -0.05) is 28.1 Å². The van der Waals surface area contributed by atoms with Gasteiger partial charge < -0.3 is 60.3 Å². The predicted molar refractivity (Wildman–Crippen MR) is 183 cm³/mol. The molecule has 18 heteroatoms. The summed E-state index contributed by atoms with van der Waals surface area (Å²) in [5.74, 6) is -4.14. The Balaban J connectivity index is 2.43. The smallest absolute Gasteiger partial charge is 0.326 e. The van der Waals surface area contributed by atoms with E-state index >= 15 is 0 Å². The van der Waals surface area contributed by atoms with Crippen LogP contribution in [0.1, 0.15) is 44.1 Å². The van der Waals surface area contributed by atoms with E-state index < -0.39 is 42.4 Å². The van der Waals surface area contributed by atoms with E-state index in [0.717, 1.165) is 10.0 Å². The standard InChI is InChI=1S/C32H51BrN4O13/c33-25-6-4-24(5-7-25)23-37(28(38)10-13-46-15-17-48-19-21-50-22-20-49-18-16-47-14-11-34)12-2-1-3-26(30(41)42)35-32(45)36-27(31(43)44)8-9-29(39)40/h4-7,26-27H,1-3,8-23,34H2,(H,39,40)(H,41,42)(H,43,44)(H2,35,36,45)/t26-,27-/m0/s1. The first-order valence-corrected chi connectivity index (χ1v) is 17.2. The van der Waals surface area contributed by atoms with E-state index in [2.05, 4.69) is 26.6 Å². The summed E-state index contributed by atoms with van der Waals surface area (Å²) in [6.07, 6.45) is 0.0511. The van der Waals surface area contributed by atoms with Gasteiger partial charge in [-0.25, -0.2) is 14.4 Å². The molecule has 0 aliphatic rings. The number of hydrogen-bond donors (Lipinski definition) is 6. The number of aliphatic carboxylic acids is 3. The minimum absolute atomic E-state index is 0.0168. The Kier molecular flexibility index (Phi) is 25.3. The molecule has 0 saturated carbocycles. The summed E-state index contributed by atoms with van der Waals surface area (Å²) in [6.45, 7) is 5.13. The number of carboxylic acid groups (broad SMARTS) is 3. The van der Waals surface area contributed by atoms with Crippen molar-refractivity contribution in [2.24, 2.45) is 5.73 Å². The Hall–Kier alpha value is -3.39. The average molecular weight is 780 g/mol. The van der Waals surface area contributed by atoms with Gasteiger partial charge in [-0.3, -0.25) is 9.59 Å². The molecule has 17 nitrogen and oxygen atoms in total. The van der Waals surface area contributed by atoms with Crippen LogP contribution in [0, 0.1) is 0 Å². The largest absolute Gasteiger partial charge is 0.481 e. The number of carbonyl (C=O) groups excluding carboxylic acids is 2. The Morgan fingerprint density at radius 1 is 0.680 bits per heavy atom. The molecule has 0 aliphatic carbocycles. The van der Waals surface area contributed by atoms with Gasteiger partial charge in [0.05, 0.1) is 72.5 Å². The van der Waals surface area contributed by atoms with E-state index in [1.165, 1.54) is 0 Å². The van der Waals surface area contributed by atoms with Gasteiger partial charge >= 0.3 is 23.9 Å². The molecule has 2 atom stereocenters. The van der Waals surface area contributed by atoms with Gasteiger partial charge in [0, 0.05) is 30.5 Å². The summed E-state index contributed by atoms with van der Waals surface area (Å²) in [5.41, 5.74) is 6.24. The first-order chi connectivity index (χ1) is 24.0. The third-order valence-corrected chi connectivity index (χ3v) is 7.40. The third-order valence-electron chi connectivity index (χ3n) is 6.87. The summed E-state index contributed by atoms with van der Waals surface area (Å²) >= 11 is 3.40. The summed E-state index contributed by atoms with van der Waals surface area (Å²) in [6, 6.07) is 3.65. The monoisotopic (exact) mass is 778 g/mol. The number of halogens is 1. The topological polar surface area (TPSA) is 246 Å². The quantitative estimate of drug-likeness (QED) is 0.0585. The van der Waals surface area contributed by atoms with Crippen molar-refractivity contribution in [1.82, 2.24) is 15.5 Å². The van der Waals surface area contributed by atoms with E-state index in [1.54, 1.807) is 4.90 Å². The van der Waals surface area contributed by atoms with Crippen LogP contribution in [-0.2, 0) is 49.4 Å². The third kappa shape index (κ3) is 23.1. The highest BCUT2D eigenvalue weighted by Gasteiger charge is 2.25. The SMILES string of the molecule is NCCOCCOCCOCCOCCOCCC(=O)N(CCCC[C@H](NC(=O)N[C@@H](CCC(=O)O)C(=O)O)C(=O)O)Cc1ccc(Br)cc1. The van der Waals surface area contributed by atoms with Gasteiger partial charge in [-0.05, 0) is 43.4 Å². The highest BCUT2D eigenvalue weighted by atomic mass is 79.9. The fourth-order valence-corrected chi connectivity index (χ4v) is 4.54. The van der Waals surface area contributed by atoms with Crippen LogP contribution < -0.4 is 16.4 Å². The lowest BCUT2D eigenvalue weighted by molar-refractivity contribution is -0.141. The maximum absolute atomic E-state index is 13.1. The number of unbranched alkanes of at least 4 members (excludes halogenated alkanes) is 1. The molecule has 0 bridgehead atoms. The number of nitrogens with two attached hydrogens (primary N) is 1.